The summed E-state index contributed by atoms with van der Waals surface area (Å²) >= 11 is 0. The molecule has 0 bridgehead atoms. The van der Waals surface area contributed by atoms with Crippen LogP contribution in [-0.4, -0.2) is 33.1 Å². The molecule has 4 heterocycles. The minimum atomic E-state index is 0.587. The first-order valence-electron chi connectivity index (χ1n) is 9.16. The zero-order valence-electron chi connectivity index (χ0n) is 15.3. The van der Waals surface area contributed by atoms with E-state index in [0.29, 0.717) is 24.9 Å². The Balaban J connectivity index is 1.65. The normalized spacial score (nSPS) is 13.1. The van der Waals surface area contributed by atoms with Gasteiger partial charge in [-0.15, -0.1) is 0 Å². The molecule has 1 aliphatic heterocycles. The molecule has 0 atom stereocenters. The third kappa shape index (κ3) is 3.88. The zero-order chi connectivity index (χ0) is 18.5. The fourth-order valence-electron chi connectivity index (χ4n) is 3.13. The Morgan fingerprint density at radius 1 is 1.19 bits per heavy atom. The van der Waals surface area contributed by atoms with E-state index in [0.717, 1.165) is 42.1 Å². The number of rotatable bonds is 6. The molecule has 2 N–H and O–H groups in total. The topological polar surface area (TPSA) is 84.8 Å². The summed E-state index contributed by atoms with van der Waals surface area (Å²) in [6.07, 6.45) is 6.18. The summed E-state index contributed by atoms with van der Waals surface area (Å²) in [5, 5.41) is 6.86. The minimum Gasteiger partial charge on any atom is -0.478 e. The van der Waals surface area contributed by atoms with Crippen molar-refractivity contribution in [2.75, 3.05) is 18.5 Å². The summed E-state index contributed by atoms with van der Waals surface area (Å²) in [4.78, 5) is 18.1. The monoisotopic (exact) mass is 362 g/mol. The van der Waals surface area contributed by atoms with Crippen molar-refractivity contribution in [3.05, 3.63) is 59.7 Å². The molecular formula is C20H22N6O. The van der Waals surface area contributed by atoms with Crippen LogP contribution < -0.4 is 15.4 Å². The largest absolute Gasteiger partial charge is 0.478 e. The van der Waals surface area contributed by atoms with Gasteiger partial charge in [0.15, 0.2) is 5.82 Å². The zero-order valence-corrected chi connectivity index (χ0v) is 15.3. The second-order valence-electron chi connectivity index (χ2n) is 6.24. The number of ether oxygens (including phenoxy) is 1. The van der Waals surface area contributed by atoms with E-state index in [2.05, 4.69) is 20.6 Å². The lowest BCUT2D eigenvalue weighted by molar-refractivity contribution is 0.323. The molecule has 4 rings (SSSR count). The van der Waals surface area contributed by atoms with Crippen LogP contribution >= 0.6 is 0 Å². The lowest BCUT2D eigenvalue weighted by Gasteiger charge is -2.21. The van der Waals surface area contributed by atoms with Gasteiger partial charge in [0.1, 0.15) is 5.82 Å². The molecular weight excluding hydrogens is 340 g/mol. The Morgan fingerprint density at radius 3 is 2.96 bits per heavy atom. The smallest absolute Gasteiger partial charge is 0.218 e. The maximum absolute atomic E-state index is 5.63. The Hall–Kier alpha value is -3.06. The lowest BCUT2D eigenvalue weighted by atomic mass is 10.1. The van der Waals surface area contributed by atoms with Gasteiger partial charge in [-0.3, -0.25) is 4.98 Å². The third-order valence-corrected chi connectivity index (χ3v) is 4.43. The van der Waals surface area contributed by atoms with Crippen molar-refractivity contribution in [3.8, 4) is 17.3 Å². The molecule has 0 amide bonds. The molecule has 27 heavy (non-hydrogen) atoms. The molecule has 0 aliphatic carbocycles. The summed E-state index contributed by atoms with van der Waals surface area (Å²) in [5.74, 6) is 2.21. The SMILES string of the molecule is CCOc1ncccc1CNc1nc(-c2cccnc2)nc2c1CCNC2. The molecule has 0 spiro atoms. The number of aromatic nitrogens is 4. The van der Waals surface area contributed by atoms with Gasteiger partial charge >= 0.3 is 0 Å². The fourth-order valence-corrected chi connectivity index (χ4v) is 3.13. The lowest BCUT2D eigenvalue weighted by Crippen LogP contribution is -2.26. The Bertz CT molecular complexity index is 916. The van der Waals surface area contributed by atoms with E-state index in [1.807, 2.05) is 31.2 Å². The standard InChI is InChI=1S/C20H22N6O/c1-2-27-20-15(6-4-9-23-20)12-24-19-16-7-10-22-13-17(16)25-18(26-19)14-5-3-8-21-11-14/h3-6,8-9,11,22H,2,7,10,12-13H2,1H3,(H,24,25,26). The van der Waals surface area contributed by atoms with E-state index in [4.69, 9.17) is 14.7 Å². The van der Waals surface area contributed by atoms with Crippen molar-refractivity contribution < 1.29 is 4.74 Å². The van der Waals surface area contributed by atoms with Gasteiger partial charge in [-0.25, -0.2) is 15.0 Å². The first-order valence-corrected chi connectivity index (χ1v) is 9.16. The molecule has 0 unspecified atom stereocenters. The highest BCUT2D eigenvalue weighted by atomic mass is 16.5. The van der Waals surface area contributed by atoms with Gasteiger partial charge in [0.2, 0.25) is 5.88 Å². The number of hydrogen-bond acceptors (Lipinski definition) is 7. The first kappa shape index (κ1) is 17.4. The first-order chi connectivity index (χ1) is 13.3. The van der Waals surface area contributed by atoms with E-state index in [-0.39, 0.29) is 0 Å². The highest BCUT2D eigenvalue weighted by molar-refractivity contribution is 5.59. The maximum atomic E-state index is 5.63. The number of hydrogen-bond donors (Lipinski definition) is 2. The molecule has 3 aromatic heterocycles. The second-order valence-corrected chi connectivity index (χ2v) is 6.24. The van der Waals surface area contributed by atoms with Crippen molar-refractivity contribution in [2.45, 2.75) is 26.4 Å². The molecule has 1 aliphatic rings. The molecule has 3 aromatic rings. The van der Waals surface area contributed by atoms with Gasteiger partial charge in [0.25, 0.3) is 0 Å². The fraction of sp³-hybridized carbons (Fsp3) is 0.300. The van der Waals surface area contributed by atoms with Crippen LogP contribution in [0.15, 0.2) is 42.9 Å². The second kappa shape index (κ2) is 8.09. The van der Waals surface area contributed by atoms with E-state index >= 15 is 0 Å². The Labute approximate surface area is 158 Å². The van der Waals surface area contributed by atoms with Crippen molar-refractivity contribution in [2.24, 2.45) is 0 Å². The molecule has 138 valence electrons. The Morgan fingerprint density at radius 2 is 2.11 bits per heavy atom. The predicted molar refractivity (Wildman–Crippen MR) is 103 cm³/mol. The summed E-state index contributed by atoms with van der Waals surface area (Å²) in [6.45, 7) is 4.81. The molecule has 0 saturated heterocycles. The predicted octanol–water partition coefficient (Wildman–Crippen LogP) is 2.59. The van der Waals surface area contributed by atoms with Crippen LogP contribution in [0.3, 0.4) is 0 Å². The molecule has 0 saturated carbocycles. The quantitative estimate of drug-likeness (QED) is 0.697. The number of nitrogens with one attached hydrogen (secondary N) is 2. The van der Waals surface area contributed by atoms with E-state index < -0.39 is 0 Å². The van der Waals surface area contributed by atoms with E-state index in [1.54, 1.807) is 18.6 Å². The van der Waals surface area contributed by atoms with Crippen LogP contribution in [0.2, 0.25) is 0 Å². The van der Waals surface area contributed by atoms with Crippen LogP contribution in [0.5, 0.6) is 5.88 Å². The van der Waals surface area contributed by atoms with Crippen LogP contribution in [-0.2, 0) is 19.5 Å². The van der Waals surface area contributed by atoms with Gasteiger partial charge in [-0.05, 0) is 38.1 Å². The molecule has 0 fully saturated rings. The highest BCUT2D eigenvalue weighted by Crippen LogP contribution is 2.25. The van der Waals surface area contributed by atoms with Gasteiger partial charge < -0.3 is 15.4 Å². The van der Waals surface area contributed by atoms with Crippen molar-refractivity contribution >= 4 is 5.82 Å². The van der Waals surface area contributed by atoms with Crippen molar-refractivity contribution in [3.63, 3.8) is 0 Å². The van der Waals surface area contributed by atoms with Gasteiger partial charge in [0, 0.05) is 48.4 Å². The molecule has 7 nitrogen and oxygen atoms in total. The number of nitrogens with zero attached hydrogens (tertiary/aromatic N) is 4. The van der Waals surface area contributed by atoms with Gasteiger partial charge in [-0.2, -0.15) is 0 Å². The summed E-state index contributed by atoms with van der Waals surface area (Å²) in [5.41, 5.74) is 4.12. The van der Waals surface area contributed by atoms with Crippen LogP contribution in [0.4, 0.5) is 5.82 Å². The number of fused-ring (bicyclic) bond motifs is 1. The summed E-state index contributed by atoms with van der Waals surface area (Å²) in [7, 11) is 0. The van der Waals surface area contributed by atoms with Gasteiger partial charge in [-0.1, -0.05) is 6.07 Å². The van der Waals surface area contributed by atoms with Crippen LogP contribution in [0.25, 0.3) is 11.4 Å². The molecule has 0 aromatic carbocycles. The van der Waals surface area contributed by atoms with Gasteiger partial charge in [0.05, 0.1) is 12.3 Å². The summed E-state index contributed by atoms with van der Waals surface area (Å²) < 4.78 is 5.63. The Kier molecular flexibility index (Phi) is 5.20. The van der Waals surface area contributed by atoms with Crippen LogP contribution in [0, 0.1) is 0 Å². The average Bonchev–Trinajstić information content (AvgIpc) is 2.73. The maximum Gasteiger partial charge on any atom is 0.218 e. The molecule has 7 heteroatoms. The van der Waals surface area contributed by atoms with Crippen LogP contribution in [0.1, 0.15) is 23.7 Å². The number of pyridine rings is 2. The van der Waals surface area contributed by atoms with Crippen molar-refractivity contribution in [1.82, 2.24) is 25.3 Å². The summed E-state index contributed by atoms with van der Waals surface area (Å²) in [6, 6.07) is 7.80. The minimum absolute atomic E-state index is 0.587. The third-order valence-electron chi connectivity index (χ3n) is 4.43. The highest BCUT2D eigenvalue weighted by Gasteiger charge is 2.18. The van der Waals surface area contributed by atoms with E-state index in [9.17, 15) is 0 Å². The van der Waals surface area contributed by atoms with E-state index in [1.165, 1.54) is 5.56 Å². The van der Waals surface area contributed by atoms with Crippen molar-refractivity contribution in [1.29, 1.82) is 0 Å². The molecule has 0 radical (unpaired) electrons. The number of anilines is 1. The average molecular weight is 362 g/mol.